The van der Waals surface area contributed by atoms with Crippen molar-refractivity contribution in [2.75, 3.05) is 26.5 Å². The second kappa shape index (κ2) is 5.75. The minimum absolute atomic E-state index is 0.0505. The van der Waals surface area contributed by atoms with Crippen molar-refractivity contribution in [3.05, 3.63) is 45.6 Å². The summed E-state index contributed by atoms with van der Waals surface area (Å²) >= 11 is 1.82. The summed E-state index contributed by atoms with van der Waals surface area (Å²) in [5.41, 5.74) is 1.80. The van der Waals surface area contributed by atoms with Gasteiger partial charge in [-0.2, -0.15) is 0 Å². The first-order valence-corrected chi connectivity index (χ1v) is 9.53. The molecule has 0 unspecified atom stereocenters. The van der Waals surface area contributed by atoms with Gasteiger partial charge in [-0.05, 0) is 48.1 Å². The van der Waals surface area contributed by atoms with Crippen LogP contribution in [0.4, 0.5) is 0 Å². The van der Waals surface area contributed by atoms with E-state index in [0.29, 0.717) is 30.2 Å². The molecule has 0 bridgehead atoms. The molecular formula is C19H19NO4S. The third-order valence-electron chi connectivity index (χ3n) is 5.42. The first-order chi connectivity index (χ1) is 12.3. The lowest BCUT2D eigenvalue weighted by Gasteiger charge is -2.44. The van der Waals surface area contributed by atoms with Crippen molar-refractivity contribution in [1.82, 2.24) is 4.90 Å². The minimum atomic E-state index is -0.195. The van der Waals surface area contributed by atoms with E-state index in [4.69, 9.17) is 14.2 Å². The van der Waals surface area contributed by atoms with E-state index < -0.39 is 0 Å². The zero-order valence-corrected chi connectivity index (χ0v) is 14.6. The number of thiophene rings is 1. The highest BCUT2D eigenvalue weighted by atomic mass is 32.1. The third kappa shape index (κ3) is 2.43. The molecule has 25 heavy (non-hydrogen) atoms. The largest absolute Gasteiger partial charge is 0.454 e. The third-order valence-corrected chi connectivity index (χ3v) is 6.40. The molecule has 1 amide bonds. The van der Waals surface area contributed by atoms with E-state index in [2.05, 4.69) is 11.4 Å². The number of nitrogens with zero attached hydrogens (tertiary/aromatic N) is 1. The standard InChI is InChI=1S/C19H19NO4S/c21-18(13-1-2-15-16(11-13)23-12-22-15)20-7-5-19(6-8-20)14-4-10-25-17(14)3-9-24-19/h1-2,4,10-11H,3,5-9,12H2. The van der Waals surface area contributed by atoms with Gasteiger partial charge in [-0.15, -0.1) is 11.3 Å². The molecule has 0 radical (unpaired) electrons. The average molecular weight is 357 g/mol. The molecular weight excluding hydrogens is 338 g/mol. The Morgan fingerprint density at radius 1 is 1.12 bits per heavy atom. The van der Waals surface area contributed by atoms with E-state index in [1.54, 1.807) is 6.07 Å². The highest BCUT2D eigenvalue weighted by molar-refractivity contribution is 7.10. The fraction of sp³-hybridized carbons (Fsp3) is 0.421. The van der Waals surface area contributed by atoms with Gasteiger partial charge in [0.05, 0.1) is 12.2 Å². The fourth-order valence-corrected chi connectivity index (χ4v) is 5.00. The van der Waals surface area contributed by atoms with E-state index >= 15 is 0 Å². The van der Waals surface area contributed by atoms with E-state index in [9.17, 15) is 4.79 Å². The summed E-state index contributed by atoms with van der Waals surface area (Å²) in [5.74, 6) is 1.40. The van der Waals surface area contributed by atoms with Crippen LogP contribution in [0.25, 0.3) is 0 Å². The Kier molecular flexibility index (Phi) is 3.50. The summed E-state index contributed by atoms with van der Waals surface area (Å²) in [6, 6.07) is 7.61. The molecule has 4 heterocycles. The monoisotopic (exact) mass is 357 g/mol. The van der Waals surface area contributed by atoms with Crippen LogP contribution in [-0.2, 0) is 16.8 Å². The maximum atomic E-state index is 12.9. The fourth-order valence-electron chi connectivity index (χ4n) is 4.05. The van der Waals surface area contributed by atoms with Crippen molar-refractivity contribution < 1.29 is 19.0 Å². The Morgan fingerprint density at radius 2 is 1.96 bits per heavy atom. The quantitative estimate of drug-likeness (QED) is 0.786. The summed E-state index contributed by atoms with van der Waals surface area (Å²) in [7, 11) is 0. The van der Waals surface area contributed by atoms with Crippen molar-refractivity contribution in [1.29, 1.82) is 0 Å². The Bertz CT molecular complexity index is 823. The Labute approximate surface area is 150 Å². The van der Waals surface area contributed by atoms with Gasteiger partial charge in [0, 0.05) is 30.0 Å². The van der Waals surface area contributed by atoms with Gasteiger partial charge in [-0.1, -0.05) is 0 Å². The molecule has 1 aromatic carbocycles. The number of fused-ring (bicyclic) bond motifs is 3. The molecule has 0 saturated carbocycles. The van der Waals surface area contributed by atoms with Gasteiger partial charge >= 0.3 is 0 Å². The number of hydrogen-bond acceptors (Lipinski definition) is 5. The smallest absolute Gasteiger partial charge is 0.253 e. The average Bonchev–Trinajstić information content (AvgIpc) is 3.31. The lowest BCUT2D eigenvalue weighted by Crippen LogP contribution is -2.48. The lowest BCUT2D eigenvalue weighted by atomic mass is 9.82. The van der Waals surface area contributed by atoms with Gasteiger partial charge in [0.2, 0.25) is 6.79 Å². The number of hydrogen-bond donors (Lipinski definition) is 0. The molecule has 3 aliphatic rings. The summed E-state index contributed by atoms with van der Waals surface area (Å²) in [6.45, 7) is 2.42. The maximum absolute atomic E-state index is 12.9. The lowest BCUT2D eigenvalue weighted by molar-refractivity contribution is -0.0926. The molecule has 1 saturated heterocycles. The molecule has 1 spiro atoms. The van der Waals surface area contributed by atoms with Gasteiger partial charge in [-0.25, -0.2) is 0 Å². The molecule has 1 aromatic heterocycles. The topological polar surface area (TPSA) is 48.0 Å². The van der Waals surface area contributed by atoms with E-state index in [1.165, 1.54) is 10.4 Å². The number of amides is 1. The molecule has 5 nitrogen and oxygen atoms in total. The number of rotatable bonds is 1. The molecule has 0 N–H and O–H groups in total. The van der Waals surface area contributed by atoms with E-state index in [0.717, 1.165) is 25.9 Å². The van der Waals surface area contributed by atoms with Gasteiger partial charge in [0.25, 0.3) is 5.91 Å². The van der Waals surface area contributed by atoms with Crippen LogP contribution < -0.4 is 9.47 Å². The SMILES string of the molecule is O=C(c1ccc2c(c1)OCO2)N1CCC2(CC1)OCCc1sccc12. The van der Waals surface area contributed by atoms with Gasteiger partial charge < -0.3 is 19.1 Å². The van der Waals surface area contributed by atoms with Crippen LogP contribution in [0, 0.1) is 0 Å². The molecule has 0 aliphatic carbocycles. The number of carbonyl (C=O) groups is 1. The maximum Gasteiger partial charge on any atom is 0.253 e. The van der Waals surface area contributed by atoms with E-state index in [1.807, 2.05) is 28.4 Å². The predicted octanol–water partition coefficient (Wildman–Crippen LogP) is 3.18. The van der Waals surface area contributed by atoms with Crippen LogP contribution in [-0.4, -0.2) is 37.3 Å². The van der Waals surface area contributed by atoms with Crippen LogP contribution >= 0.6 is 11.3 Å². The molecule has 6 heteroatoms. The van der Waals surface area contributed by atoms with Crippen LogP contribution in [0.1, 0.15) is 33.6 Å². The Morgan fingerprint density at radius 3 is 2.84 bits per heavy atom. The molecule has 2 aromatic rings. The number of carbonyl (C=O) groups excluding carboxylic acids is 1. The van der Waals surface area contributed by atoms with E-state index in [-0.39, 0.29) is 18.3 Å². The van der Waals surface area contributed by atoms with Crippen molar-refractivity contribution in [2.24, 2.45) is 0 Å². The molecule has 130 valence electrons. The van der Waals surface area contributed by atoms with Crippen molar-refractivity contribution in [3.8, 4) is 11.5 Å². The number of benzene rings is 1. The second-order valence-electron chi connectivity index (χ2n) is 6.71. The van der Waals surface area contributed by atoms with Crippen molar-refractivity contribution in [2.45, 2.75) is 24.9 Å². The number of likely N-dealkylation sites (tertiary alicyclic amines) is 1. The first-order valence-electron chi connectivity index (χ1n) is 8.65. The summed E-state index contributed by atoms with van der Waals surface area (Å²) in [6.07, 6.45) is 2.72. The second-order valence-corrected chi connectivity index (χ2v) is 7.71. The predicted molar refractivity (Wildman–Crippen MR) is 93.4 cm³/mol. The van der Waals surface area contributed by atoms with Gasteiger partial charge in [0.15, 0.2) is 11.5 Å². The van der Waals surface area contributed by atoms with Crippen molar-refractivity contribution >= 4 is 17.2 Å². The Hall–Kier alpha value is -2.05. The first kappa shape index (κ1) is 15.2. The Balaban J connectivity index is 1.33. The zero-order valence-electron chi connectivity index (χ0n) is 13.8. The number of ether oxygens (including phenoxy) is 3. The minimum Gasteiger partial charge on any atom is -0.454 e. The molecule has 3 aliphatic heterocycles. The van der Waals surface area contributed by atoms with Crippen LogP contribution in [0.2, 0.25) is 0 Å². The van der Waals surface area contributed by atoms with Crippen LogP contribution in [0.15, 0.2) is 29.6 Å². The van der Waals surface area contributed by atoms with Crippen LogP contribution in [0.5, 0.6) is 11.5 Å². The summed E-state index contributed by atoms with van der Waals surface area (Å²) in [4.78, 5) is 16.2. The molecule has 1 fully saturated rings. The van der Waals surface area contributed by atoms with Gasteiger partial charge in [-0.3, -0.25) is 4.79 Å². The molecule has 5 rings (SSSR count). The van der Waals surface area contributed by atoms with Crippen molar-refractivity contribution in [3.63, 3.8) is 0 Å². The number of piperidine rings is 1. The highest BCUT2D eigenvalue weighted by Crippen LogP contribution is 2.43. The summed E-state index contributed by atoms with van der Waals surface area (Å²) in [5, 5.41) is 2.16. The van der Waals surface area contributed by atoms with Crippen LogP contribution in [0.3, 0.4) is 0 Å². The summed E-state index contributed by atoms with van der Waals surface area (Å²) < 4.78 is 16.9. The highest BCUT2D eigenvalue weighted by Gasteiger charge is 2.42. The van der Waals surface area contributed by atoms with Gasteiger partial charge in [0.1, 0.15) is 0 Å². The molecule has 0 atom stereocenters. The normalized spacial score (nSPS) is 20.6. The zero-order chi connectivity index (χ0) is 16.9.